The third kappa shape index (κ3) is 3.65. The smallest absolute Gasteiger partial charge is 0.406 e. The molecule has 0 atom stereocenters. The summed E-state index contributed by atoms with van der Waals surface area (Å²) in [7, 11) is 0. The number of ether oxygens (including phenoxy) is 1. The van der Waals surface area contributed by atoms with Gasteiger partial charge in [0.25, 0.3) is 0 Å². The van der Waals surface area contributed by atoms with Crippen molar-refractivity contribution < 1.29 is 17.9 Å². The highest BCUT2D eigenvalue weighted by Gasteiger charge is 2.31. The Labute approximate surface area is 90.6 Å². The zero-order chi connectivity index (χ0) is 12.2. The van der Waals surface area contributed by atoms with Crippen molar-refractivity contribution in [2.45, 2.75) is 12.8 Å². The van der Waals surface area contributed by atoms with Gasteiger partial charge in [-0.3, -0.25) is 0 Å². The first-order valence-electron chi connectivity index (χ1n) is 4.33. The molecule has 0 spiro atoms. The van der Waals surface area contributed by atoms with Gasteiger partial charge in [-0.05, 0) is 23.3 Å². The summed E-state index contributed by atoms with van der Waals surface area (Å²) in [6, 6.07) is 5.83. The van der Waals surface area contributed by atoms with E-state index in [1.807, 2.05) is 6.07 Å². The van der Waals surface area contributed by atoms with E-state index in [0.717, 1.165) is 0 Å². The molecule has 0 aromatic heterocycles. The molecule has 0 aliphatic carbocycles. The van der Waals surface area contributed by atoms with Gasteiger partial charge in [0.2, 0.25) is 0 Å². The maximum atomic E-state index is 12.0. The Kier molecular flexibility index (Phi) is 3.56. The molecule has 0 saturated carbocycles. The molecule has 0 amide bonds. The van der Waals surface area contributed by atoms with Crippen molar-refractivity contribution in [3.8, 4) is 11.8 Å². The lowest BCUT2D eigenvalue weighted by Crippen LogP contribution is -2.17. The van der Waals surface area contributed by atoms with Crippen molar-refractivity contribution in [2.75, 3.05) is 0 Å². The number of nitriles is 1. The summed E-state index contributed by atoms with van der Waals surface area (Å²) in [5.74, 6) is -0.338. The zero-order valence-corrected chi connectivity index (χ0v) is 8.21. The Morgan fingerprint density at radius 2 is 2.06 bits per heavy atom. The molecule has 0 N–H and O–H groups in total. The van der Waals surface area contributed by atoms with Crippen LogP contribution in [0.1, 0.15) is 11.1 Å². The fraction of sp³-hybridized carbons (Fsp3) is 0.182. The van der Waals surface area contributed by atoms with Gasteiger partial charge in [-0.25, -0.2) is 0 Å². The molecule has 1 aromatic carbocycles. The molecule has 16 heavy (non-hydrogen) atoms. The van der Waals surface area contributed by atoms with Gasteiger partial charge in [0.1, 0.15) is 5.75 Å². The SMILES string of the molecule is C=Cc1cc(CC#N)cc(OC(F)(F)F)c1. The topological polar surface area (TPSA) is 33.0 Å². The molecule has 84 valence electrons. The average molecular weight is 227 g/mol. The summed E-state index contributed by atoms with van der Waals surface area (Å²) >= 11 is 0. The van der Waals surface area contributed by atoms with Gasteiger partial charge in [-0.15, -0.1) is 13.2 Å². The van der Waals surface area contributed by atoms with Crippen molar-refractivity contribution >= 4 is 6.08 Å². The maximum Gasteiger partial charge on any atom is 0.573 e. The standard InChI is InChI=1S/C11H8F3NO/c1-2-8-5-9(3-4-15)7-10(6-8)16-11(12,13)14/h2,5-7H,1,3H2. The van der Waals surface area contributed by atoms with Crippen LogP contribution in [0, 0.1) is 11.3 Å². The third-order valence-electron chi connectivity index (χ3n) is 1.74. The van der Waals surface area contributed by atoms with E-state index >= 15 is 0 Å². The number of hydrogen-bond acceptors (Lipinski definition) is 2. The number of alkyl halides is 3. The van der Waals surface area contributed by atoms with Crippen LogP contribution >= 0.6 is 0 Å². The first kappa shape index (κ1) is 12.1. The number of rotatable bonds is 3. The van der Waals surface area contributed by atoms with Crippen LogP contribution in [-0.4, -0.2) is 6.36 Å². The van der Waals surface area contributed by atoms with Gasteiger partial charge in [-0.1, -0.05) is 18.7 Å². The second-order valence-electron chi connectivity index (χ2n) is 3.00. The van der Waals surface area contributed by atoms with Gasteiger partial charge >= 0.3 is 6.36 Å². The largest absolute Gasteiger partial charge is 0.573 e. The number of hydrogen-bond donors (Lipinski definition) is 0. The summed E-state index contributed by atoms with van der Waals surface area (Å²) in [5, 5.41) is 8.47. The third-order valence-corrected chi connectivity index (χ3v) is 1.74. The van der Waals surface area contributed by atoms with E-state index in [4.69, 9.17) is 5.26 Å². The van der Waals surface area contributed by atoms with Gasteiger partial charge < -0.3 is 4.74 Å². The van der Waals surface area contributed by atoms with Crippen LogP contribution in [0.15, 0.2) is 24.8 Å². The van der Waals surface area contributed by atoms with Gasteiger partial charge in [0.05, 0.1) is 12.5 Å². The molecule has 0 heterocycles. The average Bonchev–Trinajstić information content (AvgIpc) is 2.15. The number of nitrogens with zero attached hydrogens (tertiary/aromatic N) is 1. The van der Waals surface area contributed by atoms with Crippen molar-refractivity contribution in [1.82, 2.24) is 0 Å². The van der Waals surface area contributed by atoms with Crippen molar-refractivity contribution in [3.05, 3.63) is 35.9 Å². The monoisotopic (exact) mass is 227 g/mol. The highest BCUT2D eigenvalue weighted by atomic mass is 19.4. The van der Waals surface area contributed by atoms with E-state index in [1.165, 1.54) is 18.2 Å². The molecule has 1 rings (SSSR count). The second kappa shape index (κ2) is 4.71. The van der Waals surface area contributed by atoms with Gasteiger partial charge in [0, 0.05) is 0 Å². The van der Waals surface area contributed by atoms with E-state index in [9.17, 15) is 13.2 Å². The number of halogens is 3. The fourth-order valence-corrected chi connectivity index (χ4v) is 1.19. The van der Waals surface area contributed by atoms with Crippen LogP contribution in [0.3, 0.4) is 0 Å². The summed E-state index contributed by atoms with van der Waals surface area (Å²) in [6.07, 6.45) is -3.32. The summed E-state index contributed by atoms with van der Waals surface area (Å²) in [5.41, 5.74) is 0.936. The number of benzene rings is 1. The van der Waals surface area contributed by atoms with Crippen LogP contribution in [0.2, 0.25) is 0 Å². The minimum absolute atomic E-state index is 0.0237. The lowest BCUT2D eigenvalue weighted by molar-refractivity contribution is -0.274. The molecule has 0 unspecified atom stereocenters. The molecule has 0 saturated heterocycles. The normalized spacial score (nSPS) is 10.6. The molecule has 0 aliphatic heterocycles. The lowest BCUT2D eigenvalue weighted by atomic mass is 10.1. The van der Waals surface area contributed by atoms with E-state index in [2.05, 4.69) is 11.3 Å². The Hall–Kier alpha value is -1.96. The molecular weight excluding hydrogens is 219 g/mol. The molecule has 1 aromatic rings. The minimum Gasteiger partial charge on any atom is -0.406 e. The van der Waals surface area contributed by atoms with Crippen molar-refractivity contribution in [3.63, 3.8) is 0 Å². The molecule has 5 heteroatoms. The molecule has 0 fully saturated rings. The predicted molar refractivity (Wildman–Crippen MR) is 52.5 cm³/mol. The van der Waals surface area contributed by atoms with Crippen LogP contribution in [0.5, 0.6) is 5.75 Å². The second-order valence-corrected chi connectivity index (χ2v) is 3.00. The Balaban J connectivity index is 3.05. The van der Waals surface area contributed by atoms with Crippen LogP contribution in [-0.2, 0) is 6.42 Å². The fourth-order valence-electron chi connectivity index (χ4n) is 1.19. The molecule has 0 bridgehead atoms. The molecule has 2 nitrogen and oxygen atoms in total. The van der Waals surface area contributed by atoms with E-state index in [-0.39, 0.29) is 12.2 Å². The summed E-state index contributed by atoms with van der Waals surface area (Å²) in [6.45, 7) is 3.45. The summed E-state index contributed by atoms with van der Waals surface area (Å²) in [4.78, 5) is 0. The molecule has 0 radical (unpaired) electrons. The Bertz CT molecular complexity index is 432. The van der Waals surface area contributed by atoms with Crippen LogP contribution in [0.25, 0.3) is 6.08 Å². The predicted octanol–water partition coefficient (Wildman–Crippen LogP) is 3.29. The van der Waals surface area contributed by atoms with Crippen LogP contribution in [0.4, 0.5) is 13.2 Å². The highest BCUT2D eigenvalue weighted by molar-refractivity contribution is 5.52. The van der Waals surface area contributed by atoms with Crippen LogP contribution < -0.4 is 4.74 Å². The Morgan fingerprint density at radius 3 is 2.56 bits per heavy atom. The summed E-state index contributed by atoms with van der Waals surface area (Å²) < 4.78 is 39.7. The zero-order valence-electron chi connectivity index (χ0n) is 8.21. The van der Waals surface area contributed by atoms with Gasteiger partial charge in [0.15, 0.2) is 0 Å². The minimum atomic E-state index is -4.73. The van der Waals surface area contributed by atoms with E-state index < -0.39 is 6.36 Å². The lowest BCUT2D eigenvalue weighted by Gasteiger charge is -2.10. The van der Waals surface area contributed by atoms with E-state index in [1.54, 1.807) is 6.07 Å². The van der Waals surface area contributed by atoms with E-state index in [0.29, 0.717) is 11.1 Å². The first-order valence-corrected chi connectivity index (χ1v) is 4.33. The molecular formula is C11H8F3NO. The Morgan fingerprint density at radius 1 is 1.38 bits per heavy atom. The maximum absolute atomic E-state index is 12.0. The quantitative estimate of drug-likeness (QED) is 0.793. The van der Waals surface area contributed by atoms with Gasteiger partial charge in [-0.2, -0.15) is 5.26 Å². The van der Waals surface area contributed by atoms with Crippen molar-refractivity contribution in [1.29, 1.82) is 5.26 Å². The van der Waals surface area contributed by atoms with Crippen molar-refractivity contribution in [2.24, 2.45) is 0 Å². The molecule has 0 aliphatic rings. The first-order chi connectivity index (χ1) is 7.44. The highest BCUT2D eigenvalue weighted by Crippen LogP contribution is 2.25.